The van der Waals surface area contributed by atoms with Crippen molar-refractivity contribution >= 4 is 17.4 Å². The van der Waals surface area contributed by atoms with Crippen LogP contribution in [0.4, 0.5) is 0 Å². The van der Waals surface area contributed by atoms with Gasteiger partial charge in [0.15, 0.2) is 11.9 Å². The summed E-state index contributed by atoms with van der Waals surface area (Å²) in [5.74, 6) is 0.863. The molecule has 2 nitrogen and oxygen atoms in total. The van der Waals surface area contributed by atoms with Crippen LogP contribution in [-0.2, 0) is 4.79 Å². The summed E-state index contributed by atoms with van der Waals surface area (Å²) < 4.78 is 5.57. The second kappa shape index (κ2) is 5.35. The fourth-order valence-corrected chi connectivity index (χ4v) is 1.50. The molecule has 0 aliphatic heterocycles. The van der Waals surface area contributed by atoms with Crippen molar-refractivity contribution in [2.75, 3.05) is 5.88 Å². The van der Waals surface area contributed by atoms with Crippen molar-refractivity contribution in [3.8, 4) is 5.75 Å². The summed E-state index contributed by atoms with van der Waals surface area (Å²) in [6.07, 6.45) is -0.580. The Balaban J connectivity index is 2.74. The molecule has 0 fully saturated rings. The average molecular weight is 241 g/mol. The van der Waals surface area contributed by atoms with Crippen molar-refractivity contribution in [2.45, 2.75) is 26.9 Å². The zero-order chi connectivity index (χ0) is 12.2. The van der Waals surface area contributed by atoms with Crippen LogP contribution in [0, 0.1) is 5.41 Å². The predicted molar refractivity (Wildman–Crippen MR) is 66.0 cm³/mol. The fourth-order valence-electron chi connectivity index (χ4n) is 1.30. The second-order valence-electron chi connectivity index (χ2n) is 4.69. The summed E-state index contributed by atoms with van der Waals surface area (Å²) in [7, 11) is 0. The van der Waals surface area contributed by atoms with E-state index in [1.165, 1.54) is 0 Å². The number of Topliss-reactive ketones (excluding diaryl/α,β-unsaturated/α-hetero) is 1. The molecule has 1 aromatic carbocycles. The number of benzene rings is 1. The summed E-state index contributed by atoms with van der Waals surface area (Å²) in [5.41, 5.74) is -0.436. The average Bonchev–Trinajstić information content (AvgIpc) is 2.25. The lowest BCUT2D eigenvalue weighted by atomic mass is 9.88. The van der Waals surface area contributed by atoms with E-state index in [0.29, 0.717) is 5.75 Å². The molecule has 0 aliphatic rings. The highest BCUT2D eigenvalue weighted by Gasteiger charge is 2.30. The van der Waals surface area contributed by atoms with Crippen LogP contribution < -0.4 is 4.74 Å². The Hall–Kier alpha value is -1.02. The normalized spacial score (nSPS) is 13.2. The van der Waals surface area contributed by atoms with E-state index < -0.39 is 11.5 Å². The Labute approximate surface area is 102 Å². The summed E-state index contributed by atoms with van der Waals surface area (Å²) in [6, 6.07) is 9.25. The number of carbonyl (C=O) groups excluding carboxylic acids is 1. The van der Waals surface area contributed by atoms with Gasteiger partial charge in [-0.2, -0.15) is 0 Å². The molecule has 88 valence electrons. The van der Waals surface area contributed by atoms with Crippen LogP contribution in [0.2, 0.25) is 0 Å². The number of ketones is 1. The largest absolute Gasteiger partial charge is 0.481 e. The van der Waals surface area contributed by atoms with E-state index in [1.807, 2.05) is 51.1 Å². The van der Waals surface area contributed by atoms with Gasteiger partial charge in [0.25, 0.3) is 0 Å². The number of carbonyl (C=O) groups is 1. The van der Waals surface area contributed by atoms with Gasteiger partial charge in [-0.15, -0.1) is 11.6 Å². The molecule has 0 aliphatic carbocycles. The molecule has 1 rings (SSSR count). The van der Waals surface area contributed by atoms with Crippen molar-refractivity contribution < 1.29 is 9.53 Å². The summed E-state index contributed by atoms with van der Waals surface area (Å²) in [5, 5.41) is 0. The SMILES string of the molecule is CC(C)(C)C(=O)C(CCl)Oc1ccccc1. The highest BCUT2D eigenvalue weighted by atomic mass is 35.5. The van der Waals surface area contributed by atoms with Crippen molar-refractivity contribution in [1.82, 2.24) is 0 Å². The molecule has 0 saturated heterocycles. The highest BCUT2D eigenvalue weighted by Crippen LogP contribution is 2.21. The molecule has 16 heavy (non-hydrogen) atoms. The monoisotopic (exact) mass is 240 g/mol. The number of rotatable bonds is 4. The van der Waals surface area contributed by atoms with Crippen molar-refractivity contribution in [2.24, 2.45) is 5.41 Å². The number of alkyl halides is 1. The van der Waals surface area contributed by atoms with Gasteiger partial charge in [0.2, 0.25) is 0 Å². The first-order valence-electron chi connectivity index (χ1n) is 5.27. The Kier molecular flexibility index (Phi) is 4.36. The van der Waals surface area contributed by atoms with Crippen molar-refractivity contribution in [3.63, 3.8) is 0 Å². The number of hydrogen-bond donors (Lipinski definition) is 0. The van der Waals surface area contributed by atoms with Gasteiger partial charge in [-0.25, -0.2) is 0 Å². The zero-order valence-corrected chi connectivity index (χ0v) is 10.6. The lowest BCUT2D eigenvalue weighted by molar-refractivity contribution is -0.132. The molecule has 0 amide bonds. The lowest BCUT2D eigenvalue weighted by Crippen LogP contribution is -2.37. The molecule has 0 spiro atoms. The maximum atomic E-state index is 12.0. The van der Waals surface area contributed by atoms with Crippen LogP contribution in [0.1, 0.15) is 20.8 Å². The Morgan fingerprint density at radius 3 is 2.31 bits per heavy atom. The minimum absolute atomic E-state index is 0.0198. The molecule has 0 bridgehead atoms. The summed E-state index contributed by atoms with van der Waals surface area (Å²) in [6.45, 7) is 5.59. The molecule has 1 unspecified atom stereocenters. The molecule has 1 aromatic rings. The van der Waals surface area contributed by atoms with Crippen LogP contribution >= 0.6 is 11.6 Å². The number of para-hydroxylation sites is 1. The summed E-state index contributed by atoms with van der Waals surface area (Å²) in [4.78, 5) is 12.0. The van der Waals surface area contributed by atoms with Crippen LogP contribution in [0.5, 0.6) is 5.75 Å². The highest BCUT2D eigenvalue weighted by molar-refractivity contribution is 6.20. The first-order valence-corrected chi connectivity index (χ1v) is 5.80. The third kappa shape index (κ3) is 3.53. The molecule has 0 heterocycles. The third-order valence-corrected chi connectivity index (χ3v) is 2.47. The van der Waals surface area contributed by atoms with E-state index in [9.17, 15) is 4.79 Å². The van der Waals surface area contributed by atoms with Gasteiger partial charge in [0, 0.05) is 5.41 Å². The van der Waals surface area contributed by atoms with Crippen LogP contribution in [-0.4, -0.2) is 17.8 Å². The summed E-state index contributed by atoms with van der Waals surface area (Å²) >= 11 is 5.77. The molecular formula is C13H17ClO2. The van der Waals surface area contributed by atoms with Gasteiger partial charge >= 0.3 is 0 Å². The van der Waals surface area contributed by atoms with Gasteiger partial charge in [-0.3, -0.25) is 4.79 Å². The van der Waals surface area contributed by atoms with Crippen LogP contribution in [0.25, 0.3) is 0 Å². The van der Waals surface area contributed by atoms with E-state index in [2.05, 4.69) is 0 Å². The van der Waals surface area contributed by atoms with Crippen molar-refractivity contribution in [1.29, 1.82) is 0 Å². The van der Waals surface area contributed by atoms with E-state index in [0.717, 1.165) is 0 Å². The van der Waals surface area contributed by atoms with Gasteiger partial charge in [0.1, 0.15) is 5.75 Å². The Bertz CT molecular complexity index is 341. The topological polar surface area (TPSA) is 26.3 Å². The van der Waals surface area contributed by atoms with E-state index in [4.69, 9.17) is 16.3 Å². The molecular weight excluding hydrogens is 224 g/mol. The number of hydrogen-bond acceptors (Lipinski definition) is 2. The molecule has 0 radical (unpaired) electrons. The first kappa shape index (κ1) is 13.0. The smallest absolute Gasteiger partial charge is 0.179 e. The van der Waals surface area contributed by atoms with Gasteiger partial charge in [0.05, 0.1) is 5.88 Å². The maximum Gasteiger partial charge on any atom is 0.179 e. The van der Waals surface area contributed by atoms with Crippen molar-refractivity contribution in [3.05, 3.63) is 30.3 Å². The molecule has 0 saturated carbocycles. The Morgan fingerprint density at radius 1 is 1.31 bits per heavy atom. The lowest BCUT2D eigenvalue weighted by Gasteiger charge is -2.23. The van der Waals surface area contributed by atoms with E-state index in [-0.39, 0.29) is 11.7 Å². The van der Waals surface area contributed by atoms with Gasteiger partial charge < -0.3 is 4.74 Å². The molecule has 0 N–H and O–H groups in total. The number of halogens is 1. The predicted octanol–water partition coefficient (Wildman–Crippen LogP) is 3.29. The van der Waals surface area contributed by atoms with E-state index >= 15 is 0 Å². The quantitative estimate of drug-likeness (QED) is 0.755. The van der Waals surface area contributed by atoms with Crippen LogP contribution in [0.3, 0.4) is 0 Å². The fraction of sp³-hybridized carbons (Fsp3) is 0.462. The molecule has 3 heteroatoms. The standard InChI is InChI=1S/C13H17ClO2/c1-13(2,3)12(15)11(9-14)16-10-7-5-4-6-8-10/h4-8,11H,9H2,1-3H3. The second-order valence-corrected chi connectivity index (χ2v) is 5.00. The maximum absolute atomic E-state index is 12.0. The van der Waals surface area contributed by atoms with Crippen LogP contribution in [0.15, 0.2) is 30.3 Å². The van der Waals surface area contributed by atoms with Gasteiger partial charge in [-0.1, -0.05) is 39.0 Å². The number of ether oxygens (including phenoxy) is 1. The zero-order valence-electron chi connectivity index (χ0n) is 9.87. The molecule has 1 atom stereocenters. The minimum atomic E-state index is -0.580. The van der Waals surface area contributed by atoms with Gasteiger partial charge in [-0.05, 0) is 12.1 Å². The third-order valence-electron chi connectivity index (χ3n) is 2.19. The minimum Gasteiger partial charge on any atom is -0.481 e. The first-order chi connectivity index (χ1) is 7.45. The molecule has 0 aromatic heterocycles. The Morgan fingerprint density at radius 2 is 1.88 bits per heavy atom. The van der Waals surface area contributed by atoms with E-state index in [1.54, 1.807) is 0 Å².